The van der Waals surface area contributed by atoms with E-state index in [0.29, 0.717) is 24.2 Å². The van der Waals surface area contributed by atoms with E-state index in [1.54, 1.807) is 25.5 Å². The van der Waals surface area contributed by atoms with E-state index >= 15 is 0 Å². The molecule has 0 bridgehead atoms. The number of anilines is 1. The zero-order valence-electron chi connectivity index (χ0n) is 17.1. The number of nitrogens with zero attached hydrogens (tertiary/aromatic N) is 4. The van der Waals surface area contributed by atoms with Gasteiger partial charge in [-0.25, -0.2) is 9.97 Å². The molecule has 30 heavy (non-hydrogen) atoms. The normalized spacial score (nSPS) is 16.9. The van der Waals surface area contributed by atoms with Gasteiger partial charge in [-0.1, -0.05) is 23.7 Å². The first-order chi connectivity index (χ1) is 14.6. The fraction of sp³-hybridized carbons (Fsp3) is 0.429. The van der Waals surface area contributed by atoms with Crippen molar-refractivity contribution in [3.63, 3.8) is 0 Å². The van der Waals surface area contributed by atoms with Crippen LogP contribution >= 0.6 is 11.6 Å². The summed E-state index contributed by atoms with van der Waals surface area (Å²) in [5.41, 5.74) is 7.68. The molecule has 0 radical (unpaired) electrons. The average molecular weight is 430 g/mol. The molecule has 2 aromatic heterocycles. The predicted molar refractivity (Wildman–Crippen MR) is 120 cm³/mol. The summed E-state index contributed by atoms with van der Waals surface area (Å²) in [6, 6.07) is 7.71. The Labute approximate surface area is 181 Å². The quantitative estimate of drug-likeness (QED) is 0.351. The summed E-state index contributed by atoms with van der Waals surface area (Å²) in [5, 5.41) is 7.14. The highest BCUT2D eigenvalue weighted by Gasteiger charge is 2.25. The maximum Gasteiger partial charge on any atom is 0.222 e. The molecule has 1 aliphatic heterocycles. The molecule has 160 valence electrons. The first kappa shape index (κ1) is 21.8. The van der Waals surface area contributed by atoms with E-state index < -0.39 is 0 Å². The molecule has 1 aliphatic rings. The van der Waals surface area contributed by atoms with Crippen molar-refractivity contribution in [3.05, 3.63) is 52.9 Å². The Bertz CT molecular complexity index is 872. The Balaban J connectivity index is 1.55. The number of hydrogen-bond acceptors (Lipinski definition) is 5. The molecule has 9 heteroatoms. The van der Waals surface area contributed by atoms with E-state index in [1.807, 2.05) is 18.2 Å². The lowest BCUT2D eigenvalue weighted by Gasteiger charge is -2.33. The number of piperidine rings is 1. The molecule has 1 amide bonds. The smallest absolute Gasteiger partial charge is 0.222 e. The number of halogens is 1. The molecule has 0 aromatic carbocycles. The van der Waals surface area contributed by atoms with Gasteiger partial charge in [-0.05, 0) is 37.0 Å². The van der Waals surface area contributed by atoms with Crippen LogP contribution in [0.2, 0.25) is 5.15 Å². The lowest BCUT2D eigenvalue weighted by Crippen LogP contribution is -2.42. The second-order valence-corrected chi connectivity index (χ2v) is 7.65. The molecular formula is C21H28ClN7O. The molecule has 1 unspecified atom stereocenters. The third-order valence-electron chi connectivity index (χ3n) is 5.16. The van der Waals surface area contributed by atoms with Crippen molar-refractivity contribution in [1.29, 1.82) is 0 Å². The maximum atomic E-state index is 11.6. The van der Waals surface area contributed by atoms with Crippen molar-refractivity contribution in [3.8, 4) is 0 Å². The van der Waals surface area contributed by atoms with Crippen LogP contribution in [0.5, 0.6) is 0 Å². The Hall–Kier alpha value is -2.87. The van der Waals surface area contributed by atoms with E-state index in [4.69, 9.17) is 17.3 Å². The highest BCUT2D eigenvalue weighted by Crippen LogP contribution is 2.24. The van der Waals surface area contributed by atoms with Gasteiger partial charge >= 0.3 is 0 Å². The molecule has 0 spiro atoms. The molecule has 8 nitrogen and oxygen atoms in total. The molecule has 0 aliphatic carbocycles. The van der Waals surface area contributed by atoms with Gasteiger partial charge in [0.1, 0.15) is 11.0 Å². The van der Waals surface area contributed by atoms with E-state index in [1.165, 1.54) is 0 Å². The fourth-order valence-corrected chi connectivity index (χ4v) is 3.65. The maximum absolute atomic E-state index is 11.6. The lowest BCUT2D eigenvalue weighted by molar-refractivity contribution is -0.122. The number of nitrogens with one attached hydrogen (secondary N) is 2. The predicted octanol–water partition coefficient (Wildman–Crippen LogP) is 1.74. The van der Waals surface area contributed by atoms with E-state index in [0.717, 1.165) is 49.3 Å². The van der Waals surface area contributed by atoms with Crippen LogP contribution in [0.1, 0.15) is 24.0 Å². The summed E-state index contributed by atoms with van der Waals surface area (Å²) >= 11 is 5.82. The second-order valence-electron chi connectivity index (χ2n) is 7.27. The standard InChI is InChI=1S/C21H28ClN7O/c1-24-21(26-10-8-15-6-7-18(22)27-12-15)28-13-16-4-2-9-25-20(16)29-11-3-5-17(14-29)19(23)30/h2,4,6-7,9,12,17H,3,5,8,10-11,13-14H2,1H3,(H2,23,30)(H2,24,26,28). The number of carbonyl (C=O) groups excluding carboxylic acids is 1. The number of primary amides is 1. The van der Waals surface area contributed by atoms with Crippen molar-refractivity contribution in [2.45, 2.75) is 25.8 Å². The minimum absolute atomic E-state index is 0.127. The number of rotatable bonds is 7. The van der Waals surface area contributed by atoms with Gasteiger partial charge in [-0.2, -0.15) is 0 Å². The first-order valence-corrected chi connectivity index (χ1v) is 10.5. The zero-order valence-corrected chi connectivity index (χ0v) is 17.9. The average Bonchev–Trinajstić information content (AvgIpc) is 2.77. The Kier molecular flexibility index (Phi) is 7.84. The molecule has 3 rings (SSSR count). The minimum atomic E-state index is -0.240. The van der Waals surface area contributed by atoms with Crippen LogP contribution in [0.15, 0.2) is 41.7 Å². The highest BCUT2D eigenvalue weighted by atomic mass is 35.5. The van der Waals surface area contributed by atoms with Crippen LogP contribution < -0.4 is 21.3 Å². The van der Waals surface area contributed by atoms with Gasteiger partial charge in [0, 0.05) is 51.2 Å². The Morgan fingerprint density at radius 2 is 2.20 bits per heavy atom. The van der Waals surface area contributed by atoms with Crippen LogP contribution in [-0.2, 0) is 17.8 Å². The number of pyridine rings is 2. The summed E-state index contributed by atoms with van der Waals surface area (Å²) in [6.07, 6.45) is 6.14. The number of hydrogen-bond donors (Lipinski definition) is 3. The van der Waals surface area contributed by atoms with Gasteiger partial charge in [-0.3, -0.25) is 9.79 Å². The summed E-state index contributed by atoms with van der Waals surface area (Å²) in [4.78, 5) is 26.7. The SMILES string of the molecule is CN=C(NCCc1ccc(Cl)nc1)NCc1cccnc1N1CCCC(C(N)=O)C1. The van der Waals surface area contributed by atoms with Crippen LogP contribution in [0.25, 0.3) is 0 Å². The molecule has 1 fully saturated rings. The lowest BCUT2D eigenvalue weighted by atomic mass is 9.97. The molecule has 1 atom stereocenters. The summed E-state index contributed by atoms with van der Waals surface area (Å²) < 4.78 is 0. The largest absolute Gasteiger partial charge is 0.369 e. The van der Waals surface area contributed by atoms with Gasteiger partial charge in [0.25, 0.3) is 0 Å². The molecule has 4 N–H and O–H groups in total. The Morgan fingerprint density at radius 3 is 2.93 bits per heavy atom. The van der Waals surface area contributed by atoms with E-state index in [9.17, 15) is 4.79 Å². The van der Waals surface area contributed by atoms with Crippen LogP contribution in [0, 0.1) is 5.92 Å². The minimum Gasteiger partial charge on any atom is -0.369 e. The Morgan fingerprint density at radius 1 is 1.33 bits per heavy atom. The van der Waals surface area contributed by atoms with Gasteiger partial charge in [0.05, 0.1) is 5.92 Å². The number of aliphatic imine (C=N–C) groups is 1. The number of amides is 1. The molecular weight excluding hydrogens is 402 g/mol. The topological polar surface area (TPSA) is 109 Å². The molecule has 1 saturated heterocycles. The van der Waals surface area contributed by atoms with Crippen LogP contribution in [0.4, 0.5) is 5.82 Å². The number of nitrogens with two attached hydrogens (primary N) is 1. The van der Waals surface area contributed by atoms with Crippen molar-refractivity contribution in [2.24, 2.45) is 16.6 Å². The summed E-state index contributed by atoms with van der Waals surface area (Å²) in [7, 11) is 1.74. The molecule has 3 heterocycles. The van der Waals surface area contributed by atoms with Gasteiger partial charge in [-0.15, -0.1) is 0 Å². The van der Waals surface area contributed by atoms with E-state index in [-0.39, 0.29) is 11.8 Å². The third-order valence-corrected chi connectivity index (χ3v) is 5.38. The van der Waals surface area contributed by atoms with Crippen molar-refractivity contribution in [2.75, 3.05) is 31.6 Å². The highest BCUT2D eigenvalue weighted by molar-refractivity contribution is 6.29. The first-order valence-electron chi connectivity index (χ1n) is 10.1. The number of carbonyl (C=O) groups is 1. The van der Waals surface area contributed by atoms with Crippen molar-refractivity contribution >= 4 is 29.3 Å². The number of guanidine groups is 1. The van der Waals surface area contributed by atoms with Crippen molar-refractivity contribution < 1.29 is 4.79 Å². The zero-order chi connectivity index (χ0) is 21.3. The second kappa shape index (κ2) is 10.8. The van der Waals surface area contributed by atoms with Gasteiger partial charge < -0.3 is 21.3 Å². The summed E-state index contributed by atoms with van der Waals surface area (Å²) in [6.45, 7) is 2.77. The van der Waals surface area contributed by atoms with Crippen LogP contribution in [0.3, 0.4) is 0 Å². The van der Waals surface area contributed by atoms with Crippen LogP contribution in [-0.4, -0.2) is 48.5 Å². The van der Waals surface area contributed by atoms with E-state index in [2.05, 4.69) is 30.5 Å². The molecule has 0 saturated carbocycles. The number of aromatic nitrogens is 2. The summed E-state index contributed by atoms with van der Waals surface area (Å²) in [5.74, 6) is 1.23. The monoisotopic (exact) mass is 429 g/mol. The fourth-order valence-electron chi connectivity index (χ4n) is 3.53. The molecule has 2 aromatic rings. The van der Waals surface area contributed by atoms with Gasteiger partial charge in [0.2, 0.25) is 5.91 Å². The van der Waals surface area contributed by atoms with Gasteiger partial charge in [0.15, 0.2) is 5.96 Å². The third kappa shape index (κ3) is 6.06. The van der Waals surface area contributed by atoms with Crippen molar-refractivity contribution in [1.82, 2.24) is 20.6 Å².